The van der Waals surface area contributed by atoms with Crippen molar-refractivity contribution < 1.29 is 19.1 Å². The summed E-state index contributed by atoms with van der Waals surface area (Å²) in [6.45, 7) is 2.65. The van der Waals surface area contributed by atoms with Crippen molar-refractivity contribution >= 4 is 29.2 Å². The minimum Gasteiger partial charge on any atom is -0.494 e. The molecule has 2 aliphatic rings. The molecule has 0 bridgehead atoms. The fourth-order valence-electron chi connectivity index (χ4n) is 4.11. The van der Waals surface area contributed by atoms with E-state index in [0.717, 1.165) is 37.9 Å². The van der Waals surface area contributed by atoms with Crippen molar-refractivity contribution in [1.29, 1.82) is 0 Å². The van der Waals surface area contributed by atoms with Gasteiger partial charge in [-0.25, -0.2) is 4.79 Å². The summed E-state index contributed by atoms with van der Waals surface area (Å²) in [5.41, 5.74) is 2.85. The fourth-order valence-corrected chi connectivity index (χ4v) is 4.11. The molecular weight excluding hydrogens is 408 g/mol. The molecule has 4 rings (SSSR count). The first-order chi connectivity index (χ1) is 15.5. The topological polar surface area (TPSA) is 91.0 Å². The number of nitrogens with zero attached hydrogens (tertiary/aromatic N) is 2. The van der Waals surface area contributed by atoms with Crippen LogP contribution in [0.5, 0.6) is 5.75 Å². The standard InChI is InChI=1S/C24H28N4O4/c1-32-21-15-19(10-11-20(21)28-14-4-5-22(28)29)26-24(31)25-16-17-6-8-18(9-7-17)23(30)27-12-2-3-13-27/h6-11,15H,2-5,12-14,16H2,1H3,(H2,25,26,31). The zero-order valence-corrected chi connectivity index (χ0v) is 18.2. The lowest BCUT2D eigenvalue weighted by atomic mass is 10.1. The number of anilines is 2. The second kappa shape index (κ2) is 9.72. The zero-order valence-electron chi connectivity index (χ0n) is 18.2. The van der Waals surface area contributed by atoms with Gasteiger partial charge in [-0.05, 0) is 49.1 Å². The Bertz CT molecular complexity index is 1000. The quantitative estimate of drug-likeness (QED) is 0.726. The van der Waals surface area contributed by atoms with E-state index in [0.29, 0.717) is 42.2 Å². The van der Waals surface area contributed by atoms with Crippen molar-refractivity contribution in [2.24, 2.45) is 0 Å². The van der Waals surface area contributed by atoms with Crippen LogP contribution in [-0.4, -0.2) is 49.5 Å². The summed E-state index contributed by atoms with van der Waals surface area (Å²) in [7, 11) is 1.54. The van der Waals surface area contributed by atoms with Crippen LogP contribution in [0.4, 0.5) is 16.2 Å². The minimum absolute atomic E-state index is 0.0628. The highest BCUT2D eigenvalue weighted by Gasteiger charge is 2.24. The number of amides is 4. The number of urea groups is 1. The molecule has 2 aliphatic heterocycles. The van der Waals surface area contributed by atoms with Gasteiger partial charge in [0.2, 0.25) is 5.91 Å². The first-order valence-corrected chi connectivity index (χ1v) is 11.0. The van der Waals surface area contributed by atoms with Gasteiger partial charge in [-0.1, -0.05) is 12.1 Å². The Morgan fingerprint density at radius 1 is 1.00 bits per heavy atom. The van der Waals surface area contributed by atoms with E-state index < -0.39 is 0 Å². The highest BCUT2D eigenvalue weighted by Crippen LogP contribution is 2.33. The molecule has 2 saturated heterocycles. The van der Waals surface area contributed by atoms with E-state index in [4.69, 9.17) is 4.74 Å². The van der Waals surface area contributed by atoms with Crippen LogP contribution >= 0.6 is 0 Å². The lowest BCUT2D eigenvalue weighted by Gasteiger charge is -2.19. The minimum atomic E-state index is -0.353. The van der Waals surface area contributed by atoms with Crippen LogP contribution in [-0.2, 0) is 11.3 Å². The number of likely N-dealkylation sites (tertiary alicyclic amines) is 1. The molecule has 8 nitrogen and oxygen atoms in total. The van der Waals surface area contributed by atoms with Gasteiger partial charge in [0.05, 0.1) is 12.8 Å². The number of ether oxygens (including phenoxy) is 1. The van der Waals surface area contributed by atoms with E-state index >= 15 is 0 Å². The van der Waals surface area contributed by atoms with Gasteiger partial charge in [0.25, 0.3) is 5.91 Å². The Kier molecular flexibility index (Phi) is 6.58. The Morgan fingerprint density at radius 3 is 2.41 bits per heavy atom. The monoisotopic (exact) mass is 436 g/mol. The van der Waals surface area contributed by atoms with Gasteiger partial charge in [0.15, 0.2) is 0 Å². The first kappa shape index (κ1) is 21.7. The average Bonchev–Trinajstić information content (AvgIpc) is 3.49. The van der Waals surface area contributed by atoms with E-state index in [9.17, 15) is 14.4 Å². The van der Waals surface area contributed by atoms with Crippen LogP contribution < -0.4 is 20.3 Å². The Hall–Kier alpha value is -3.55. The van der Waals surface area contributed by atoms with Crippen LogP contribution in [0.1, 0.15) is 41.6 Å². The van der Waals surface area contributed by atoms with Crippen LogP contribution in [0.2, 0.25) is 0 Å². The molecule has 0 aliphatic carbocycles. The number of benzene rings is 2. The van der Waals surface area contributed by atoms with Crippen molar-refractivity contribution in [2.45, 2.75) is 32.2 Å². The normalized spacial score (nSPS) is 15.7. The third kappa shape index (κ3) is 4.85. The van der Waals surface area contributed by atoms with E-state index in [-0.39, 0.29) is 17.8 Å². The summed E-state index contributed by atoms with van der Waals surface area (Å²) < 4.78 is 5.43. The second-order valence-electron chi connectivity index (χ2n) is 8.04. The van der Waals surface area contributed by atoms with Gasteiger partial charge in [-0.15, -0.1) is 0 Å². The highest BCUT2D eigenvalue weighted by molar-refractivity contribution is 5.98. The number of methoxy groups -OCH3 is 1. The van der Waals surface area contributed by atoms with Gasteiger partial charge < -0.3 is 25.2 Å². The molecule has 2 aromatic rings. The van der Waals surface area contributed by atoms with Crippen LogP contribution in [0.25, 0.3) is 0 Å². The van der Waals surface area contributed by atoms with Crippen LogP contribution in [0, 0.1) is 0 Å². The third-order valence-corrected chi connectivity index (χ3v) is 5.85. The SMILES string of the molecule is COc1cc(NC(=O)NCc2ccc(C(=O)N3CCCC3)cc2)ccc1N1CCCC1=O. The zero-order chi connectivity index (χ0) is 22.5. The maximum Gasteiger partial charge on any atom is 0.319 e. The summed E-state index contributed by atoms with van der Waals surface area (Å²) in [6.07, 6.45) is 3.50. The molecule has 2 heterocycles. The molecule has 4 amide bonds. The largest absolute Gasteiger partial charge is 0.494 e. The van der Waals surface area contributed by atoms with E-state index in [1.54, 1.807) is 42.3 Å². The molecule has 8 heteroatoms. The molecule has 0 spiro atoms. The molecule has 0 atom stereocenters. The number of carbonyl (C=O) groups excluding carboxylic acids is 3. The molecule has 0 radical (unpaired) electrons. The Morgan fingerprint density at radius 2 is 1.75 bits per heavy atom. The van der Waals surface area contributed by atoms with Crippen molar-refractivity contribution in [2.75, 3.05) is 37.0 Å². The summed E-state index contributed by atoms with van der Waals surface area (Å²) in [5, 5.41) is 5.60. The smallest absolute Gasteiger partial charge is 0.319 e. The average molecular weight is 437 g/mol. The maximum absolute atomic E-state index is 12.4. The van der Waals surface area contributed by atoms with Crippen LogP contribution in [0.3, 0.4) is 0 Å². The fraction of sp³-hybridized carbons (Fsp3) is 0.375. The summed E-state index contributed by atoms with van der Waals surface area (Å²) in [4.78, 5) is 40.4. The van der Waals surface area contributed by atoms with Crippen molar-refractivity contribution in [3.05, 3.63) is 53.6 Å². The van der Waals surface area contributed by atoms with Gasteiger partial charge in [0, 0.05) is 49.9 Å². The van der Waals surface area contributed by atoms with Crippen molar-refractivity contribution in [3.63, 3.8) is 0 Å². The van der Waals surface area contributed by atoms with Gasteiger partial charge in [-0.3, -0.25) is 9.59 Å². The molecule has 2 fully saturated rings. The molecule has 32 heavy (non-hydrogen) atoms. The molecular formula is C24H28N4O4. The number of carbonyl (C=O) groups is 3. The molecule has 2 aromatic carbocycles. The van der Waals surface area contributed by atoms with Crippen LogP contribution in [0.15, 0.2) is 42.5 Å². The molecule has 0 saturated carbocycles. The summed E-state index contributed by atoms with van der Waals surface area (Å²) >= 11 is 0. The van der Waals surface area contributed by atoms with E-state index in [2.05, 4.69) is 10.6 Å². The van der Waals surface area contributed by atoms with Gasteiger partial charge in [0.1, 0.15) is 5.75 Å². The van der Waals surface area contributed by atoms with Crippen molar-refractivity contribution in [1.82, 2.24) is 10.2 Å². The molecule has 168 valence electrons. The second-order valence-corrected chi connectivity index (χ2v) is 8.04. The lowest BCUT2D eigenvalue weighted by molar-refractivity contribution is -0.117. The predicted molar refractivity (Wildman–Crippen MR) is 122 cm³/mol. The number of hydrogen-bond acceptors (Lipinski definition) is 4. The van der Waals surface area contributed by atoms with Crippen molar-refractivity contribution in [3.8, 4) is 5.75 Å². The Labute approximate surface area is 187 Å². The third-order valence-electron chi connectivity index (χ3n) is 5.85. The van der Waals surface area contributed by atoms with E-state index in [1.807, 2.05) is 17.0 Å². The predicted octanol–water partition coefficient (Wildman–Crippen LogP) is 3.38. The summed E-state index contributed by atoms with van der Waals surface area (Å²) in [6, 6.07) is 12.2. The first-order valence-electron chi connectivity index (χ1n) is 11.0. The number of rotatable bonds is 6. The molecule has 0 aromatic heterocycles. The maximum atomic E-state index is 12.4. The van der Waals surface area contributed by atoms with Gasteiger partial charge >= 0.3 is 6.03 Å². The molecule has 2 N–H and O–H groups in total. The van der Waals surface area contributed by atoms with E-state index in [1.165, 1.54) is 0 Å². The highest BCUT2D eigenvalue weighted by atomic mass is 16.5. The Balaban J connectivity index is 1.32. The summed E-state index contributed by atoms with van der Waals surface area (Å²) in [5.74, 6) is 0.680. The molecule has 0 unspecified atom stereocenters. The van der Waals surface area contributed by atoms with Gasteiger partial charge in [-0.2, -0.15) is 0 Å². The number of nitrogens with one attached hydrogen (secondary N) is 2. The number of hydrogen-bond donors (Lipinski definition) is 2. The lowest BCUT2D eigenvalue weighted by Crippen LogP contribution is -2.29.